The second-order valence-corrected chi connectivity index (χ2v) is 8.56. The first-order chi connectivity index (χ1) is 16.3. The van der Waals surface area contributed by atoms with Crippen molar-refractivity contribution in [1.82, 2.24) is 14.5 Å². The highest BCUT2D eigenvalue weighted by atomic mass is 16.7. The van der Waals surface area contributed by atoms with E-state index in [-0.39, 0.29) is 18.3 Å². The highest BCUT2D eigenvalue weighted by Gasteiger charge is 2.26. The minimum absolute atomic E-state index is 0.141. The van der Waals surface area contributed by atoms with Crippen molar-refractivity contribution < 1.29 is 14.3 Å². The first kappa shape index (κ1) is 21.7. The summed E-state index contributed by atoms with van der Waals surface area (Å²) >= 11 is 0. The van der Waals surface area contributed by atoms with Crippen LogP contribution in [0.5, 0.6) is 11.5 Å². The van der Waals surface area contributed by atoms with E-state index in [1.165, 1.54) is 0 Å². The lowest BCUT2D eigenvalue weighted by Crippen LogP contribution is -2.35. The summed E-state index contributed by atoms with van der Waals surface area (Å²) < 4.78 is 12.4. The first-order valence-electron chi connectivity index (χ1n) is 11.1. The molecule has 7 nitrogen and oxygen atoms in total. The smallest absolute Gasteiger partial charge is 0.266 e. The van der Waals surface area contributed by atoms with Gasteiger partial charge in [0.15, 0.2) is 11.5 Å². The van der Waals surface area contributed by atoms with Crippen molar-refractivity contribution in [3.8, 4) is 17.2 Å². The first-order valence-corrected chi connectivity index (χ1v) is 11.1. The molecule has 0 fully saturated rings. The molecule has 2 heterocycles. The van der Waals surface area contributed by atoms with Crippen LogP contribution in [0.15, 0.2) is 65.5 Å². The fourth-order valence-electron chi connectivity index (χ4n) is 4.13. The molecule has 0 aliphatic carbocycles. The van der Waals surface area contributed by atoms with Crippen LogP contribution in [0.4, 0.5) is 0 Å². The summed E-state index contributed by atoms with van der Waals surface area (Å²) in [4.78, 5) is 33.4. The van der Waals surface area contributed by atoms with Crippen LogP contribution in [0.1, 0.15) is 40.3 Å². The number of amides is 1. The molecule has 1 aliphatic rings. The van der Waals surface area contributed by atoms with Crippen LogP contribution in [0.2, 0.25) is 0 Å². The molecule has 0 saturated heterocycles. The van der Waals surface area contributed by atoms with E-state index in [0.29, 0.717) is 33.8 Å². The lowest BCUT2D eigenvalue weighted by molar-refractivity contribution is 0.0734. The molecule has 7 heteroatoms. The Balaban J connectivity index is 1.62. The van der Waals surface area contributed by atoms with Gasteiger partial charge in [0, 0.05) is 12.6 Å². The zero-order valence-corrected chi connectivity index (χ0v) is 19.5. The van der Waals surface area contributed by atoms with Gasteiger partial charge >= 0.3 is 0 Å². The molecule has 0 spiro atoms. The van der Waals surface area contributed by atoms with Crippen molar-refractivity contribution in [2.24, 2.45) is 0 Å². The summed E-state index contributed by atoms with van der Waals surface area (Å²) in [7, 11) is 1.71. The van der Waals surface area contributed by atoms with Crippen LogP contribution in [0, 0.1) is 13.8 Å². The topological polar surface area (TPSA) is 73.7 Å². The molecule has 0 bridgehead atoms. The summed E-state index contributed by atoms with van der Waals surface area (Å²) in [5.74, 6) is 1.44. The average Bonchev–Trinajstić information content (AvgIpc) is 3.32. The van der Waals surface area contributed by atoms with Crippen LogP contribution in [0.25, 0.3) is 16.6 Å². The number of ether oxygens (including phenoxy) is 2. The standard InChI is InChI=1S/C27H25N3O4/c1-16-9-11-20(13-17(16)2)30-25(28-22-8-6-5-7-21(22)27(30)32)18(3)29(4)26(31)19-10-12-23-24(14-19)34-15-33-23/h5-14,18H,15H2,1-4H3. The lowest BCUT2D eigenvalue weighted by atomic mass is 10.1. The van der Waals surface area contributed by atoms with Gasteiger partial charge < -0.3 is 14.4 Å². The molecule has 1 aliphatic heterocycles. The summed E-state index contributed by atoms with van der Waals surface area (Å²) in [6.45, 7) is 6.06. The Bertz CT molecular complexity index is 1490. The zero-order chi connectivity index (χ0) is 24.0. The highest BCUT2D eigenvalue weighted by molar-refractivity contribution is 5.95. The van der Waals surface area contributed by atoms with E-state index in [4.69, 9.17) is 14.5 Å². The highest BCUT2D eigenvalue weighted by Crippen LogP contribution is 2.33. The molecule has 1 amide bonds. The van der Waals surface area contributed by atoms with Crippen molar-refractivity contribution in [3.63, 3.8) is 0 Å². The number of fused-ring (bicyclic) bond motifs is 2. The number of carbonyl (C=O) groups is 1. The van der Waals surface area contributed by atoms with Crippen LogP contribution >= 0.6 is 0 Å². The van der Waals surface area contributed by atoms with Gasteiger partial charge in [-0.05, 0) is 74.4 Å². The summed E-state index contributed by atoms with van der Waals surface area (Å²) in [5, 5.41) is 0.529. The van der Waals surface area contributed by atoms with E-state index in [2.05, 4.69) is 0 Å². The Morgan fingerprint density at radius 3 is 2.56 bits per heavy atom. The van der Waals surface area contributed by atoms with Gasteiger partial charge in [-0.15, -0.1) is 0 Å². The molecule has 1 aromatic heterocycles. The molecule has 1 unspecified atom stereocenters. The number of aromatic nitrogens is 2. The maximum Gasteiger partial charge on any atom is 0.266 e. The van der Waals surface area contributed by atoms with Crippen LogP contribution in [0.3, 0.4) is 0 Å². The Labute approximate surface area is 197 Å². The Morgan fingerprint density at radius 1 is 1.00 bits per heavy atom. The largest absolute Gasteiger partial charge is 0.454 e. The third kappa shape index (κ3) is 3.59. The van der Waals surface area contributed by atoms with Crippen molar-refractivity contribution in [1.29, 1.82) is 0 Å². The normalized spacial score (nSPS) is 13.2. The van der Waals surface area contributed by atoms with E-state index in [0.717, 1.165) is 16.8 Å². The third-order valence-electron chi connectivity index (χ3n) is 6.44. The SMILES string of the molecule is Cc1ccc(-n2c(C(C)N(C)C(=O)c3ccc4c(c3)OCO4)nc3ccccc3c2=O)cc1C. The van der Waals surface area contributed by atoms with Crippen LogP contribution in [-0.4, -0.2) is 34.2 Å². The van der Waals surface area contributed by atoms with Gasteiger partial charge in [0.25, 0.3) is 11.5 Å². The van der Waals surface area contributed by atoms with E-state index in [1.807, 2.05) is 57.2 Å². The number of rotatable bonds is 4. The predicted molar refractivity (Wildman–Crippen MR) is 130 cm³/mol. The molecule has 0 radical (unpaired) electrons. The molecule has 172 valence electrons. The monoisotopic (exact) mass is 455 g/mol. The number of benzene rings is 3. The van der Waals surface area contributed by atoms with Gasteiger partial charge in [-0.3, -0.25) is 14.2 Å². The van der Waals surface area contributed by atoms with Crippen molar-refractivity contribution in [2.45, 2.75) is 26.8 Å². The molecule has 34 heavy (non-hydrogen) atoms. The zero-order valence-electron chi connectivity index (χ0n) is 19.5. The van der Waals surface area contributed by atoms with Gasteiger partial charge in [-0.2, -0.15) is 0 Å². The van der Waals surface area contributed by atoms with Gasteiger partial charge in [0.05, 0.1) is 22.6 Å². The molecule has 5 rings (SSSR count). The van der Waals surface area contributed by atoms with Crippen molar-refractivity contribution in [2.75, 3.05) is 13.8 Å². The lowest BCUT2D eigenvalue weighted by Gasteiger charge is -2.27. The minimum Gasteiger partial charge on any atom is -0.454 e. The van der Waals surface area contributed by atoms with E-state index in [1.54, 1.807) is 40.8 Å². The Kier molecular flexibility index (Phi) is 5.32. The molecule has 0 N–H and O–H groups in total. The number of nitrogens with zero attached hydrogens (tertiary/aromatic N) is 3. The van der Waals surface area contributed by atoms with E-state index < -0.39 is 6.04 Å². The van der Waals surface area contributed by atoms with E-state index in [9.17, 15) is 9.59 Å². The quantitative estimate of drug-likeness (QED) is 0.451. The fourth-order valence-corrected chi connectivity index (χ4v) is 4.13. The molecular weight excluding hydrogens is 430 g/mol. The summed E-state index contributed by atoms with van der Waals surface area (Å²) in [6.07, 6.45) is 0. The second kappa shape index (κ2) is 8.33. The maximum absolute atomic E-state index is 13.6. The molecule has 0 saturated carbocycles. The fraction of sp³-hybridized carbons (Fsp3) is 0.222. The second-order valence-electron chi connectivity index (χ2n) is 8.56. The Hall–Kier alpha value is -4.13. The van der Waals surface area contributed by atoms with Gasteiger partial charge in [-0.1, -0.05) is 18.2 Å². The number of para-hydroxylation sites is 1. The number of hydrogen-bond donors (Lipinski definition) is 0. The summed E-state index contributed by atoms with van der Waals surface area (Å²) in [5.41, 5.74) is 3.82. The Morgan fingerprint density at radius 2 is 1.76 bits per heavy atom. The third-order valence-corrected chi connectivity index (χ3v) is 6.44. The summed E-state index contributed by atoms with van der Waals surface area (Å²) in [6, 6.07) is 17.8. The van der Waals surface area contributed by atoms with Gasteiger partial charge in [0.1, 0.15) is 5.82 Å². The number of carbonyl (C=O) groups excluding carboxylic acids is 1. The minimum atomic E-state index is -0.489. The van der Waals surface area contributed by atoms with Gasteiger partial charge in [-0.25, -0.2) is 4.98 Å². The molecular formula is C27H25N3O4. The van der Waals surface area contributed by atoms with Crippen molar-refractivity contribution >= 4 is 16.8 Å². The number of hydrogen-bond acceptors (Lipinski definition) is 5. The predicted octanol–water partition coefficient (Wildman–Crippen LogP) is 4.56. The van der Waals surface area contributed by atoms with E-state index >= 15 is 0 Å². The van der Waals surface area contributed by atoms with Crippen molar-refractivity contribution in [3.05, 3.63) is 93.5 Å². The molecule has 1 atom stereocenters. The van der Waals surface area contributed by atoms with Gasteiger partial charge in [0.2, 0.25) is 6.79 Å². The number of aryl methyl sites for hydroxylation is 2. The average molecular weight is 456 g/mol. The molecule has 3 aromatic carbocycles. The maximum atomic E-state index is 13.6. The molecule has 4 aromatic rings. The van der Waals surface area contributed by atoms with Crippen LogP contribution in [-0.2, 0) is 0 Å². The van der Waals surface area contributed by atoms with Crippen LogP contribution < -0.4 is 15.0 Å².